The summed E-state index contributed by atoms with van der Waals surface area (Å²) in [6, 6.07) is 5.04. The van der Waals surface area contributed by atoms with Crippen LogP contribution >= 0.6 is 11.6 Å². The second kappa shape index (κ2) is 6.90. The van der Waals surface area contributed by atoms with E-state index in [2.05, 4.69) is 19.9 Å². The molecule has 4 rings (SSSR count). The maximum atomic E-state index is 13.1. The molecule has 0 aliphatic rings. The zero-order valence-electron chi connectivity index (χ0n) is 14.5. The Labute approximate surface area is 162 Å². The van der Waals surface area contributed by atoms with Crippen molar-refractivity contribution >= 4 is 33.5 Å². The van der Waals surface area contributed by atoms with Gasteiger partial charge in [0.05, 0.1) is 17.9 Å². The molecule has 0 amide bonds. The van der Waals surface area contributed by atoms with E-state index >= 15 is 0 Å². The predicted molar refractivity (Wildman–Crippen MR) is 97.2 cm³/mol. The maximum absolute atomic E-state index is 13.1. The minimum Gasteiger partial charge on any atom is -0.486 e. The second-order valence-electron chi connectivity index (χ2n) is 6.17. The van der Waals surface area contributed by atoms with Gasteiger partial charge < -0.3 is 9.30 Å². The second-order valence-corrected chi connectivity index (χ2v) is 6.53. The Morgan fingerprint density at radius 1 is 1.11 bits per heavy atom. The Balaban J connectivity index is 1.75. The first kappa shape index (κ1) is 18.4. The molecule has 0 aliphatic heterocycles. The van der Waals surface area contributed by atoms with Crippen molar-refractivity contribution in [2.24, 2.45) is 0 Å². The number of rotatable bonds is 4. The lowest BCUT2D eigenvalue weighted by Crippen LogP contribution is -2.17. The molecule has 144 valence electrons. The van der Waals surface area contributed by atoms with Gasteiger partial charge in [0, 0.05) is 5.39 Å². The van der Waals surface area contributed by atoms with Crippen LogP contribution in [-0.2, 0) is 13.2 Å². The first-order valence-corrected chi connectivity index (χ1v) is 8.59. The molecule has 0 aliphatic carbocycles. The van der Waals surface area contributed by atoms with Gasteiger partial charge in [0.2, 0.25) is 0 Å². The van der Waals surface area contributed by atoms with Gasteiger partial charge in [-0.3, -0.25) is 0 Å². The Kier molecular flexibility index (Phi) is 4.54. The van der Waals surface area contributed by atoms with Crippen LogP contribution in [0.2, 0.25) is 5.15 Å². The Bertz CT molecular complexity index is 1160. The molecule has 10 heteroatoms. The van der Waals surface area contributed by atoms with Crippen LogP contribution in [0.3, 0.4) is 0 Å². The fraction of sp³-hybridized carbons (Fsp3) is 0.222. The summed E-state index contributed by atoms with van der Waals surface area (Å²) in [5.74, 6) is 1.12. The third-order valence-corrected chi connectivity index (χ3v) is 4.43. The number of aromatic nitrogens is 5. The molecule has 1 aromatic carbocycles. The maximum Gasteiger partial charge on any atom is 0.406 e. The van der Waals surface area contributed by atoms with Crippen LogP contribution < -0.4 is 4.74 Å². The van der Waals surface area contributed by atoms with Crippen LogP contribution in [0.25, 0.3) is 21.9 Å². The number of hydrogen-bond donors (Lipinski definition) is 0. The van der Waals surface area contributed by atoms with Gasteiger partial charge in [-0.15, -0.1) is 0 Å². The molecule has 0 bridgehead atoms. The monoisotopic (exact) mass is 407 g/mol. The molecule has 28 heavy (non-hydrogen) atoms. The largest absolute Gasteiger partial charge is 0.486 e. The lowest BCUT2D eigenvalue weighted by molar-refractivity contribution is -0.139. The molecule has 3 heterocycles. The first-order chi connectivity index (χ1) is 13.3. The number of fused-ring (bicyclic) bond motifs is 3. The van der Waals surface area contributed by atoms with Crippen LogP contribution in [-0.4, -0.2) is 30.7 Å². The van der Waals surface area contributed by atoms with Gasteiger partial charge in [0.25, 0.3) is 0 Å². The number of nitrogens with zero attached hydrogens (tertiary/aromatic N) is 5. The minimum atomic E-state index is -4.41. The Morgan fingerprint density at radius 2 is 1.86 bits per heavy atom. The molecule has 0 saturated carbocycles. The van der Waals surface area contributed by atoms with Gasteiger partial charge in [-0.25, -0.2) is 19.9 Å². The van der Waals surface area contributed by atoms with Gasteiger partial charge in [-0.05, 0) is 24.6 Å². The summed E-state index contributed by atoms with van der Waals surface area (Å²) in [5, 5.41) is 0.518. The zero-order valence-corrected chi connectivity index (χ0v) is 15.3. The van der Waals surface area contributed by atoms with Gasteiger partial charge >= 0.3 is 6.18 Å². The van der Waals surface area contributed by atoms with Crippen LogP contribution in [0.15, 0.2) is 36.9 Å². The van der Waals surface area contributed by atoms with Crippen molar-refractivity contribution in [1.29, 1.82) is 0 Å². The van der Waals surface area contributed by atoms with Gasteiger partial charge in [-0.2, -0.15) is 13.2 Å². The highest BCUT2D eigenvalue weighted by Crippen LogP contribution is 2.34. The summed E-state index contributed by atoms with van der Waals surface area (Å²) >= 11 is 6.08. The van der Waals surface area contributed by atoms with Crippen LogP contribution in [0, 0.1) is 6.92 Å². The van der Waals surface area contributed by atoms with Crippen molar-refractivity contribution in [3.8, 4) is 5.75 Å². The summed E-state index contributed by atoms with van der Waals surface area (Å²) in [7, 11) is 0. The van der Waals surface area contributed by atoms with Gasteiger partial charge in [0.15, 0.2) is 10.9 Å². The van der Waals surface area contributed by atoms with Crippen LogP contribution in [0.1, 0.15) is 11.4 Å². The molecule has 3 aromatic heterocycles. The highest BCUT2D eigenvalue weighted by atomic mass is 35.5. The average Bonchev–Trinajstić information content (AvgIpc) is 2.94. The van der Waals surface area contributed by atoms with Crippen molar-refractivity contribution in [2.75, 3.05) is 0 Å². The van der Waals surface area contributed by atoms with E-state index in [0.717, 1.165) is 10.1 Å². The average molecular weight is 408 g/mol. The van der Waals surface area contributed by atoms with E-state index in [4.69, 9.17) is 16.3 Å². The molecule has 0 radical (unpaired) electrons. The standard InChI is InChI=1S/C18H13ClF3N5O/c1-10-23-5-12(6-24-10)28-7-11-2-3-14-13(4-11)15-16(17(19)26-9-25-15)27(14)8-18(20,21)22/h2-6,9H,7-8H2,1H3. The molecule has 4 aromatic rings. The van der Waals surface area contributed by atoms with E-state index < -0.39 is 12.7 Å². The van der Waals surface area contributed by atoms with E-state index in [1.54, 1.807) is 37.5 Å². The summed E-state index contributed by atoms with van der Waals surface area (Å²) in [6.45, 7) is 0.783. The number of hydrogen-bond acceptors (Lipinski definition) is 5. The smallest absolute Gasteiger partial charge is 0.406 e. The Hall–Kier alpha value is -2.94. The van der Waals surface area contributed by atoms with Crippen LogP contribution in [0.5, 0.6) is 5.75 Å². The lowest BCUT2D eigenvalue weighted by Gasteiger charge is -2.11. The van der Waals surface area contributed by atoms with E-state index in [-0.39, 0.29) is 17.3 Å². The van der Waals surface area contributed by atoms with Gasteiger partial charge in [0.1, 0.15) is 36.3 Å². The quantitative estimate of drug-likeness (QED) is 0.467. The number of aryl methyl sites for hydroxylation is 1. The SMILES string of the molecule is Cc1ncc(OCc2ccc3c(c2)c2ncnc(Cl)c2n3CC(F)(F)F)cn1. The number of halogens is 4. The van der Waals surface area contributed by atoms with Gasteiger partial charge in [-0.1, -0.05) is 17.7 Å². The molecular weight excluding hydrogens is 395 g/mol. The van der Waals surface area contributed by atoms with Crippen molar-refractivity contribution in [3.63, 3.8) is 0 Å². The number of ether oxygens (including phenoxy) is 1. The third kappa shape index (κ3) is 3.57. The van der Waals surface area contributed by atoms with Crippen molar-refractivity contribution in [1.82, 2.24) is 24.5 Å². The fourth-order valence-electron chi connectivity index (χ4n) is 2.98. The van der Waals surface area contributed by atoms with E-state index in [1.807, 2.05) is 0 Å². The number of alkyl halides is 3. The van der Waals surface area contributed by atoms with Crippen molar-refractivity contribution in [2.45, 2.75) is 26.3 Å². The molecule has 0 unspecified atom stereocenters. The van der Waals surface area contributed by atoms with Crippen molar-refractivity contribution in [3.05, 3.63) is 53.5 Å². The lowest BCUT2D eigenvalue weighted by atomic mass is 10.1. The number of benzene rings is 1. The zero-order chi connectivity index (χ0) is 19.9. The first-order valence-electron chi connectivity index (χ1n) is 8.21. The molecule has 0 saturated heterocycles. The summed E-state index contributed by atoms with van der Waals surface area (Å²) in [6.07, 6.45) is -0.0632. The molecule has 6 nitrogen and oxygen atoms in total. The third-order valence-electron chi connectivity index (χ3n) is 4.15. The van der Waals surface area contributed by atoms with E-state index in [9.17, 15) is 13.2 Å². The topological polar surface area (TPSA) is 65.7 Å². The molecule has 0 atom stereocenters. The molecule has 0 spiro atoms. The summed E-state index contributed by atoms with van der Waals surface area (Å²) < 4.78 is 46.0. The van der Waals surface area contributed by atoms with E-state index in [0.29, 0.717) is 28.0 Å². The minimum absolute atomic E-state index is 0.0277. The highest BCUT2D eigenvalue weighted by Gasteiger charge is 2.30. The molecule has 0 fully saturated rings. The molecular formula is C18H13ClF3N5O. The summed E-state index contributed by atoms with van der Waals surface area (Å²) in [5.41, 5.74) is 1.65. The molecule has 0 N–H and O–H groups in total. The highest BCUT2D eigenvalue weighted by molar-refractivity contribution is 6.34. The fourth-order valence-corrected chi connectivity index (χ4v) is 3.21. The normalized spacial score (nSPS) is 12.0. The van der Waals surface area contributed by atoms with Crippen molar-refractivity contribution < 1.29 is 17.9 Å². The predicted octanol–water partition coefficient (Wildman–Crippen LogP) is 4.48. The summed E-state index contributed by atoms with van der Waals surface area (Å²) in [4.78, 5) is 16.1. The Morgan fingerprint density at radius 3 is 2.57 bits per heavy atom. The van der Waals surface area contributed by atoms with Crippen LogP contribution in [0.4, 0.5) is 13.2 Å². The van der Waals surface area contributed by atoms with E-state index in [1.165, 1.54) is 6.33 Å².